The number of benzene rings is 2. The topological polar surface area (TPSA) is 83.6 Å². The number of sulfonamides is 1. The molecular formula is C22H23F3N2O4S. The van der Waals surface area contributed by atoms with Gasteiger partial charge in [-0.05, 0) is 31.0 Å². The maximum atomic E-state index is 12.8. The number of alkyl halides is 3. The Morgan fingerprint density at radius 1 is 1.00 bits per heavy atom. The highest BCUT2D eigenvalue weighted by Gasteiger charge is 2.32. The molecular weight excluding hydrogens is 445 g/mol. The third-order valence-corrected chi connectivity index (χ3v) is 6.84. The van der Waals surface area contributed by atoms with Crippen LogP contribution in [0, 0.1) is 5.92 Å². The van der Waals surface area contributed by atoms with E-state index in [0.717, 1.165) is 18.2 Å². The molecule has 1 N–H and O–H groups in total. The highest BCUT2D eigenvalue weighted by Crippen LogP contribution is 2.30. The molecule has 1 aliphatic heterocycles. The van der Waals surface area contributed by atoms with Gasteiger partial charge in [0.1, 0.15) is 0 Å². The zero-order valence-corrected chi connectivity index (χ0v) is 18.0. The van der Waals surface area contributed by atoms with Crippen molar-refractivity contribution in [3.8, 4) is 0 Å². The number of nitrogens with zero attached hydrogens (tertiary/aromatic N) is 1. The predicted molar refractivity (Wildman–Crippen MR) is 111 cm³/mol. The first-order valence-corrected chi connectivity index (χ1v) is 11.6. The summed E-state index contributed by atoms with van der Waals surface area (Å²) < 4.78 is 65.2. The number of ketones is 1. The zero-order valence-electron chi connectivity index (χ0n) is 17.1. The Morgan fingerprint density at radius 2 is 1.66 bits per heavy atom. The summed E-state index contributed by atoms with van der Waals surface area (Å²) in [7, 11) is -4.19. The van der Waals surface area contributed by atoms with Gasteiger partial charge in [-0.1, -0.05) is 36.4 Å². The maximum Gasteiger partial charge on any atom is 0.416 e. The molecule has 1 fully saturated rings. The fraction of sp³-hybridized carbons (Fsp3) is 0.364. The highest BCUT2D eigenvalue weighted by atomic mass is 32.2. The summed E-state index contributed by atoms with van der Waals surface area (Å²) in [4.78, 5) is 26.0. The molecule has 0 bridgehead atoms. The molecule has 0 unspecified atom stereocenters. The second-order valence-electron chi connectivity index (χ2n) is 7.56. The predicted octanol–water partition coefficient (Wildman–Crippen LogP) is 3.50. The molecule has 10 heteroatoms. The van der Waals surface area contributed by atoms with Crippen LogP contribution in [0.2, 0.25) is 0 Å². The number of hydrogen-bond donors (Lipinski definition) is 1. The Bertz CT molecular complexity index is 1060. The molecule has 1 heterocycles. The molecule has 0 spiro atoms. The number of piperidine rings is 1. The van der Waals surface area contributed by atoms with Crippen LogP contribution in [0.15, 0.2) is 59.5 Å². The number of halogens is 3. The van der Waals surface area contributed by atoms with Crippen LogP contribution in [0.25, 0.3) is 0 Å². The van der Waals surface area contributed by atoms with Crippen molar-refractivity contribution < 1.29 is 31.2 Å². The average molecular weight is 468 g/mol. The van der Waals surface area contributed by atoms with Gasteiger partial charge in [0.15, 0.2) is 5.78 Å². The summed E-state index contributed by atoms with van der Waals surface area (Å²) >= 11 is 0. The first-order chi connectivity index (χ1) is 15.1. The Morgan fingerprint density at radius 3 is 2.28 bits per heavy atom. The van der Waals surface area contributed by atoms with E-state index in [2.05, 4.69) is 4.72 Å². The molecule has 0 atom stereocenters. The number of rotatable bonds is 7. The van der Waals surface area contributed by atoms with Crippen molar-refractivity contribution in [1.82, 2.24) is 9.62 Å². The van der Waals surface area contributed by atoms with Crippen molar-refractivity contribution in [2.45, 2.75) is 30.3 Å². The largest absolute Gasteiger partial charge is 0.416 e. The lowest BCUT2D eigenvalue weighted by molar-refractivity contribution is -0.137. The Labute approximate surface area is 184 Å². The quantitative estimate of drug-likeness (QED) is 0.631. The smallest absolute Gasteiger partial charge is 0.343 e. The fourth-order valence-corrected chi connectivity index (χ4v) is 4.68. The van der Waals surface area contributed by atoms with Gasteiger partial charge in [0.2, 0.25) is 15.9 Å². The van der Waals surface area contributed by atoms with Crippen LogP contribution in [-0.4, -0.2) is 44.6 Å². The van der Waals surface area contributed by atoms with E-state index in [0.29, 0.717) is 37.6 Å². The van der Waals surface area contributed by atoms with Gasteiger partial charge in [0.05, 0.1) is 10.5 Å². The van der Waals surface area contributed by atoms with Crippen LogP contribution in [0.3, 0.4) is 0 Å². The number of Topliss-reactive ketones (excluding diaryl/α,β-unsaturated/α-hetero) is 1. The van der Waals surface area contributed by atoms with Crippen LogP contribution in [0.1, 0.15) is 35.2 Å². The van der Waals surface area contributed by atoms with Gasteiger partial charge in [-0.2, -0.15) is 13.2 Å². The van der Waals surface area contributed by atoms with Crippen LogP contribution < -0.4 is 4.72 Å². The van der Waals surface area contributed by atoms with Crippen molar-refractivity contribution in [2.24, 2.45) is 5.92 Å². The summed E-state index contributed by atoms with van der Waals surface area (Å²) in [5.41, 5.74) is -0.425. The van der Waals surface area contributed by atoms with E-state index in [-0.39, 0.29) is 30.6 Å². The monoisotopic (exact) mass is 468 g/mol. The molecule has 1 amide bonds. The number of likely N-dealkylation sites (tertiary alicyclic amines) is 1. The van der Waals surface area contributed by atoms with Crippen LogP contribution >= 0.6 is 0 Å². The minimum Gasteiger partial charge on any atom is -0.343 e. The van der Waals surface area contributed by atoms with Gasteiger partial charge < -0.3 is 4.90 Å². The summed E-state index contributed by atoms with van der Waals surface area (Å²) in [6.45, 7) is 0.547. The summed E-state index contributed by atoms with van der Waals surface area (Å²) in [5.74, 6) is -0.394. The Hall–Kier alpha value is -2.72. The van der Waals surface area contributed by atoms with E-state index in [1.165, 1.54) is 0 Å². The molecule has 6 nitrogen and oxygen atoms in total. The molecule has 1 aliphatic rings. The third kappa shape index (κ3) is 5.95. The molecule has 0 saturated carbocycles. The van der Waals surface area contributed by atoms with E-state index < -0.39 is 26.7 Å². The molecule has 32 heavy (non-hydrogen) atoms. The molecule has 172 valence electrons. The number of carbonyl (C=O) groups excluding carboxylic acids is 2. The third-order valence-electron chi connectivity index (χ3n) is 5.38. The van der Waals surface area contributed by atoms with Crippen molar-refractivity contribution >= 4 is 21.7 Å². The molecule has 2 aromatic carbocycles. The molecule has 1 saturated heterocycles. The lowest BCUT2D eigenvalue weighted by Gasteiger charge is -2.31. The number of nitrogens with one attached hydrogen (secondary N) is 1. The Balaban J connectivity index is 1.49. The zero-order chi connectivity index (χ0) is 23.4. The first kappa shape index (κ1) is 23.9. The molecule has 2 aromatic rings. The standard InChI is InChI=1S/C22H23F3N2O4S/c23-22(24,25)18-7-4-8-19(15-18)32(30,31)26-12-9-20(28)27-13-10-17(11-14-27)21(29)16-5-2-1-3-6-16/h1-8,15,17,26H,9-14H2. The van der Waals surface area contributed by atoms with Crippen molar-refractivity contribution in [3.05, 3.63) is 65.7 Å². The van der Waals surface area contributed by atoms with E-state index in [9.17, 15) is 31.2 Å². The van der Waals surface area contributed by atoms with Gasteiger partial charge in [-0.25, -0.2) is 13.1 Å². The summed E-state index contributed by atoms with van der Waals surface area (Å²) in [6.07, 6.45) is -3.74. The number of carbonyl (C=O) groups is 2. The SMILES string of the molecule is O=C(c1ccccc1)C1CCN(C(=O)CCNS(=O)(=O)c2cccc(C(F)(F)F)c2)CC1. The van der Waals surface area contributed by atoms with Crippen LogP contribution in [-0.2, 0) is 21.0 Å². The van der Waals surface area contributed by atoms with Gasteiger partial charge in [-0.15, -0.1) is 0 Å². The first-order valence-electron chi connectivity index (χ1n) is 10.1. The highest BCUT2D eigenvalue weighted by molar-refractivity contribution is 7.89. The van der Waals surface area contributed by atoms with E-state index in [1.807, 2.05) is 6.07 Å². The van der Waals surface area contributed by atoms with E-state index >= 15 is 0 Å². The maximum absolute atomic E-state index is 12.8. The summed E-state index contributed by atoms with van der Waals surface area (Å²) in [5, 5.41) is 0. The number of amides is 1. The summed E-state index contributed by atoms with van der Waals surface area (Å²) in [6, 6.07) is 12.4. The minimum absolute atomic E-state index is 0.0477. The second kappa shape index (κ2) is 9.83. The van der Waals surface area contributed by atoms with E-state index in [1.54, 1.807) is 29.2 Å². The Kier molecular flexibility index (Phi) is 7.35. The normalized spacial score (nSPS) is 15.5. The molecule has 3 rings (SSSR count). The lowest BCUT2D eigenvalue weighted by Crippen LogP contribution is -2.41. The molecule has 0 radical (unpaired) electrons. The van der Waals surface area contributed by atoms with Crippen molar-refractivity contribution in [1.29, 1.82) is 0 Å². The lowest BCUT2D eigenvalue weighted by atomic mass is 9.89. The van der Waals surface area contributed by atoms with Gasteiger partial charge in [0.25, 0.3) is 0 Å². The van der Waals surface area contributed by atoms with Crippen LogP contribution in [0.4, 0.5) is 13.2 Å². The van der Waals surface area contributed by atoms with Gasteiger partial charge in [0, 0.05) is 37.5 Å². The van der Waals surface area contributed by atoms with E-state index in [4.69, 9.17) is 0 Å². The fourth-order valence-electron chi connectivity index (χ4n) is 3.60. The second-order valence-corrected chi connectivity index (χ2v) is 9.33. The average Bonchev–Trinajstić information content (AvgIpc) is 2.78. The molecule has 0 aliphatic carbocycles. The molecule has 0 aromatic heterocycles. The van der Waals surface area contributed by atoms with Crippen LogP contribution in [0.5, 0.6) is 0 Å². The minimum atomic E-state index is -4.66. The van der Waals surface area contributed by atoms with Crippen molar-refractivity contribution in [3.63, 3.8) is 0 Å². The van der Waals surface area contributed by atoms with Crippen molar-refractivity contribution in [2.75, 3.05) is 19.6 Å². The number of hydrogen-bond acceptors (Lipinski definition) is 4. The van der Waals surface area contributed by atoms with Gasteiger partial charge >= 0.3 is 6.18 Å². The van der Waals surface area contributed by atoms with Gasteiger partial charge in [-0.3, -0.25) is 9.59 Å².